The number of carbonyl (C=O) groups excluding carboxylic acids is 1. The van der Waals surface area contributed by atoms with Crippen LogP contribution in [-0.4, -0.2) is 36.9 Å². The normalized spacial score (nSPS) is 16.0. The van der Waals surface area contributed by atoms with Crippen LogP contribution in [0.25, 0.3) is 11.0 Å². The Bertz CT molecular complexity index is 880. The van der Waals surface area contributed by atoms with Crippen LogP contribution in [-0.2, 0) is 0 Å². The molecule has 1 atom stereocenters. The summed E-state index contributed by atoms with van der Waals surface area (Å²) in [5.74, 6) is 0.385. The molecular weight excluding hydrogens is 360 g/mol. The maximum atomic E-state index is 12.5. The van der Waals surface area contributed by atoms with Gasteiger partial charge in [-0.05, 0) is 55.8 Å². The van der Waals surface area contributed by atoms with Gasteiger partial charge >= 0.3 is 0 Å². The Morgan fingerprint density at radius 2 is 1.85 bits per heavy atom. The largest absolute Gasteiger partial charge is 0.453 e. The standard InChI is InChI=1S/C22H23ClN2O2/c23-18-9-7-16(8-10-18)19(25-11-3-4-12-25)14-24-15-20(26)22-13-17-5-1-2-6-21(17)27-22/h1-2,5-10,13,19,24H,3-4,11-12,14-15H2. The molecule has 0 radical (unpaired) electrons. The smallest absolute Gasteiger partial charge is 0.211 e. The Hall–Kier alpha value is -2.14. The summed E-state index contributed by atoms with van der Waals surface area (Å²) in [5, 5.41) is 5.03. The van der Waals surface area contributed by atoms with Gasteiger partial charge in [0.2, 0.25) is 5.78 Å². The van der Waals surface area contributed by atoms with Gasteiger partial charge in [-0.2, -0.15) is 0 Å². The molecule has 3 aromatic rings. The van der Waals surface area contributed by atoms with Crippen LogP contribution >= 0.6 is 11.6 Å². The molecule has 1 unspecified atom stereocenters. The van der Waals surface area contributed by atoms with Crippen molar-refractivity contribution in [1.29, 1.82) is 0 Å². The highest BCUT2D eigenvalue weighted by Crippen LogP contribution is 2.26. The van der Waals surface area contributed by atoms with E-state index < -0.39 is 0 Å². The van der Waals surface area contributed by atoms with E-state index in [4.69, 9.17) is 16.0 Å². The molecule has 2 aromatic carbocycles. The Morgan fingerprint density at radius 1 is 1.11 bits per heavy atom. The monoisotopic (exact) mass is 382 g/mol. The van der Waals surface area contributed by atoms with Gasteiger partial charge < -0.3 is 9.73 Å². The number of hydrogen-bond donors (Lipinski definition) is 1. The van der Waals surface area contributed by atoms with E-state index >= 15 is 0 Å². The summed E-state index contributed by atoms with van der Waals surface area (Å²) in [6.45, 7) is 3.16. The maximum absolute atomic E-state index is 12.5. The maximum Gasteiger partial charge on any atom is 0.211 e. The minimum absolute atomic E-state index is 0.0255. The highest BCUT2D eigenvalue weighted by Gasteiger charge is 2.23. The van der Waals surface area contributed by atoms with Gasteiger partial charge in [0.05, 0.1) is 6.54 Å². The molecule has 1 N–H and O–H groups in total. The van der Waals surface area contributed by atoms with Crippen molar-refractivity contribution in [2.75, 3.05) is 26.2 Å². The van der Waals surface area contributed by atoms with Crippen LogP contribution in [0.3, 0.4) is 0 Å². The minimum atomic E-state index is -0.0255. The zero-order valence-corrected chi connectivity index (χ0v) is 15.9. The summed E-state index contributed by atoms with van der Waals surface area (Å²) in [4.78, 5) is 15.0. The van der Waals surface area contributed by atoms with Gasteiger partial charge in [-0.15, -0.1) is 0 Å². The minimum Gasteiger partial charge on any atom is -0.453 e. The summed E-state index contributed by atoms with van der Waals surface area (Å²) >= 11 is 6.04. The number of rotatable bonds is 7. The van der Waals surface area contributed by atoms with Crippen LogP contribution in [0.1, 0.15) is 35.0 Å². The summed E-state index contributed by atoms with van der Waals surface area (Å²) in [6.07, 6.45) is 2.45. The van der Waals surface area contributed by atoms with E-state index in [1.54, 1.807) is 0 Å². The fourth-order valence-electron chi connectivity index (χ4n) is 3.72. The summed E-state index contributed by atoms with van der Waals surface area (Å²) in [7, 11) is 0. The Morgan fingerprint density at radius 3 is 2.59 bits per heavy atom. The molecule has 4 rings (SSSR count). The highest BCUT2D eigenvalue weighted by molar-refractivity contribution is 6.30. The molecule has 140 valence electrons. The van der Waals surface area contributed by atoms with Gasteiger partial charge in [0.25, 0.3) is 0 Å². The molecule has 1 aliphatic heterocycles. The second kappa shape index (κ2) is 8.26. The van der Waals surface area contributed by atoms with Gasteiger partial charge in [-0.1, -0.05) is 41.9 Å². The molecule has 0 amide bonds. The predicted molar refractivity (Wildman–Crippen MR) is 108 cm³/mol. The van der Waals surface area contributed by atoms with Crippen LogP contribution in [0.4, 0.5) is 0 Å². The van der Waals surface area contributed by atoms with Crippen molar-refractivity contribution in [3.8, 4) is 0 Å². The number of ketones is 1. The third kappa shape index (κ3) is 4.24. The van der Waals surface area contributed by atoms with E-state index in [2.05, 4.69) is 22.3 Å². The lowest BCUT2D eigenvalue weighted by molar-refractivity contribution is 0.0963. The zero-order chi connectivity index (χ0) is 18.6. The molecule has 0 aliphatic carbocycles. The van der Waals surface area contributed by atoms with E-state index in [0.717, 1.165) is 29.1 Å². The number of fused-ring (bicyclic) bond motifs is 1. The van der Waals surface area contributed by atoms with Crippen molar-refractivity contribution < 1.29 is 9.21 Å². The second-order valence-electron chi connectivity index (χ2n) is 7.01. The summed E-state index contributed by atoms with van der Waals surface area (Å²) in [5.41, 5.74) is 1.97. The number of nitrogens with one attached hydrogen (secondary N) is 1. The van der Waals surface area contributed by atoms with Crippen molar-refractivity contribution in [2.45, 2.75) is 18.9 Å². The van der Waals surface area contributed by atoms with Crippen LogP contribution in [0.15, 0.2) is 59.0 Å². The average Bonchev–Trinajstić information content (AvgIpc) is 3.35. The summed E-state index contributed by atoms with van der Waals surface area (Å²) < 4.78 is 5.67. The van der Waals surface area contributed by atoms with Gasteiger partial charge in [0.1, 0.15) is 5.58 Å². The second-order valence-corrected chi connectivity index (χ2v) is 7.45. The number of likely N-dealkylation sites (tertiary alicyclic amines) is 1. The summed E-state index contributed by atoms with van der Waals surface area (Å²) in [6, 6.07) is 17.8. The van der Waals surface area contributed by atoms with E-state index in [1.165, 1.54) is 18.4 Å². The predicted octanol–water partition coefficient (Wildman–Crippen LogP) is 4.70. The van der Waals surface area contributed by atoms with Gasteiger partial charge in [0.15, 0.2) is 5.76 Å². The molecule has 0 spiro atoms. The molecule has 0 bridgehead atoms. The quantitative estimate of drug-likeness (QED) is 0.602. The molecule has 2 heterocycles. The highest BCUT2D eigenvalue weighted by atomic mass is 35.5. The molecule has 1 aromatic heterocycles. The zero-order valence-electron chi connectivity index (χ0n) is 15.2. The van der Waals surface area contributed by atoms with Crippen LogP contribution < -0.4 is 5.32 Å². The Kier molecular flexibility index (Phi) is 5.58. The van der Waals surface area contributed by atoms with Gasteiger partial charge in [-0.3, -0.25) is 9.69 Å². The number of Topliss-reactive ketones (excluding diaryl/α,β-unsaturated/α-hetero) is 1. The third-order valence-corrected chi connectivity index (χ3v) is 5.41. The van der Waals surface area contributed by atoms with E-state index in [-0.39, 0.29) is 18.4 Å². The van der Waals surface area contributed by atoms with Crippen molar-refractivity contribution >= 4 is 28.4 Å². The Labute approximate surface area is 164 Å². The van der Waals surface area contributed by atoms with Crippen molar-refractivity contribution in [2.24, 2.45) is 0 Å². The first-order valence-electron chi connectivity index (χ1n) is 9.43. The number of nitrogens with zero attached hydrogens (tertiary/aromatic N) is 1. The average molecular weight is 383 g/mol. The lowest BCUT2D eigenvalue weighted by atomic mass is 10.1. The van der Waals surface area contributed by atoms with Crippen molar-refractivity contribution in [3.05, 3.63) is 70.9 Å². The molecule has 0 saturated carbocycles. The first kappa shape index (κ1) is 18.2. The molecule has 1 aliphatic rings. The van der Waals surface area contributed by atoms with Crippen LogP contribution in [0, 0.1) is 0 Å². The molecule has 1 saturated heterocycles. The SMILES string of the molecule is O=C(CNCC(c1ccc(Cl)cc1)N1CCCC1)c1cc2ccccc2o1. The number of para-hydroxylation sites is 1. The number of carbonyl (C=O) groups is 1. The Balaban J connectivity index is 1.41. The van der Waals surface area contributed by atoms with Crippen molar-refractivity contribution in [3.63, 3.8) is 0 Å². The van der Waals surface area contributed by atoms with Gasteiger partial charge in [-0.25, -0.2) is 0 Å². The lowest BCUT2D eigenvalue weighted by Crippen LogP contribution is -2.36. The third-order valence-electron chi connectivity index (χ3n) is 5.16. The van der Waals surface area contributed by atoms with E-state index in [0.29, 0.717) is 12.3 Å². The van der Waals surface area contributed by atoms with E-state index in [1.807, 2.05) is 42.5 Å². The molecule has 1 fully saturated rings. The van der Waals surface area contributed by atoms with E-state index in [9.17, 15) is 4.79 Å². The number of benzene rings is 2. The molecule has 27 heavy (non-hydrogen) atoms. The molecular formula is C22H23ClN2O2. The van der Waals surface area contributed by atoms with Gasteiger partial charge in [0, 0.05) is 23.0 Å². The number of halogens is 1. The number of hydrogen-bond acceptors (Lipinski definition) is 4. The molecule has 4 nitrogen and oxygen atoms in total. The first-order chi connectivity index (χ1) is 13.2. The number of furan rings is 1. The molecule has 5 heteroatoms. The van der Waals surface area contributed by atoms with Crippen molar-refractivity contribution in [1.82, 2.24) is 10.2 Å². The van der Waals surface area contributed by atoms with Crippen LogP contribution in [0.5, 0.6) is 0 Å². The first-order valence-corrected chi connectivity index (χ1v) is 9.80. The fourth-order valence-corrected chi connectivity index (χ4v) is 3.85. The topological polar surface area (TPSA) is 45.5 Å². The van der Waals surface area contributed by atoms with Crippen LogP contribution in [0.2, 0.25) is 5.02 Å². The fraction of sp³-hybridized carbons (Fsp3) is 0.318. The lowest BCUT2D eigenvalue weighted by Gasteiger charge is -2.28.